The molecule has 8 nitrogen and oxygen atoms in total. The largest absolute Gasteiger partial charge is 0.423 e. The third kappa shape index (κ3) is 6.91. The normalized spacial score (nSPS) is 17.5. The molecule has 38 heavy (non-hydrogen) atoms. The van der Waals surface area contributed by atoms with Gasteiger partial charge in [-0.1, -0.05) is 12.1 Å². The number of hydrogen-bond donors (Lipinski definition) is 1. The molecule has 4 rings (SSSR count). The summed E-state index contributed by atoms with van der Waals surface area (Å²) in [6.07, 6.45) is -2.25. The van der Waals surface area contributed by atoms with Crippen molar-refractivity contribution in [1.29, 1.82) is 0 Å². The van der Waals surface area contributed by atoms with Crippen LogP contribution in [0.4, 0.5) is 34.6 Å². The number of benzene rings is 2. The van der Waals surface area contributed by atoms with Crippen LogP contribution < -0.4 is 10.2 Å². The van der Waals surface area contributed by atoms with Gasteiger partial charge in [-0.05, 0) is 55.5 Å². The molecule has 12 heteroatoms. The van der Waals surface area contributed by atoms with Gasteiger partial charge in [0.2, 0.25) is 5.91 Å². The zero-order valence-electron chi connectivity index (χ0n) is 20.8. The van der Waals surface area contributed by atoms with E-state index in [2.05, 4.69) is 10.2 Å². The Balaban J connectivity index is 1.20. The number of nitro groups is 1. The summed E-state index contributed by atoms with van der Waals surface area (Å²) in [6.45, 7) is 1.93. The lowest BCUT2D eigenvalue weighted by atomic mass is 10.0. The molecule has 1 amide bonds. The summed E-state index contributed by atoms with van der Waals surface area (Å²) in [4.78, 5) is 26.5. The highest BCUT2D eigenvalue weighted by Crippen LogP contribution is 2.38. The molecule has 2 aliphatic rings. The number of amides is 1. The minimum Gasteiger partial charge on any atom is -0.382 e. The van der Waals surface area contributed by atoms with Gasteiger partial charge in [0, 0.05) is 49.7 Å². The van der Waals surface area contributed by atoms with E-state index >= 15 is 0 Å². The van der Waals surface area contributed by atoms with Crippen LogP contribution in [0.3, 0.4) is 0 Å². The minimum atomic E-state index is -4.84. The standard InChI is InChI=1S/C26H30F4N4O4/c27-16-18-1-4-21(5-2-18)32-13-9-22(10-14-32)38-17-25(35)33-11-7-19(8-12-33)31-20-3-6-24(34(36)37)23(15-20)26(28,29)30/h1-6,15,19,22,31H,7-14,16-17H2. The molecule has 0 saturated carbocycles. The van der Waals surface area contributed by atoms with E-state index in [1.54, 1.807) is 17.0 Å². The SMILES string of the molecule is O=C(COC1CCN(c2ccc(CF)cc2)CC1)N1CCC(Nc2ccc([N+](=O)[O-])c(C(F)(F)F)c2)CC1. The van der Waals surface area contributed by atoms with Gasteiger partial charge in [-0.3, -0.25) is 14.9 Å². The van der Waals surface area contributed by atoms with Gasteiger partial charge in [-0.15, -0.1) is 0 Å². The molecule has 0 atom stereocenters. The molecule has 2 aliphatic heterocycles. The Morgan fingerprint density at radius 1 is 1.03 bits per heavy atom. The Bertz CT molecular complexity index is 1110. The lowest BCUT2D eigenvalue weighted by Crippen LogP contribution is -2.45. The van der Waals surface area contributed by atoms with Crippen LogP contribution in [0.15, 0.2) is 42.5 Å². The quantitative estimate of drug-likeness (QED) is 0.284. The fourth-order valence-corrected chi connectivity index (χ4v) is 4.88. The first-order chi connectivity index (χ1) is 18.1. The Hall–Kier alpha value is -3.41. The molecule has 2 fully saturated rings. The average molecular weight is 539 g/mol. The number of carbonyl (C=O) groups excluding carboxylic acids is 1. The molecule has 0 aromatic heterocycles. The number of alkyl halides is 4. The predicted octanol–water partition coefficient (Wildman–Crippen LogP) is 5.17. The summed E-state index contributed by atoms with van der Waals surface area (Å²) in [7, 11) is 0. The molecule has 0 spiro atoms. The predicted molar refractivity (Wildman–Crippen MR) is 134 cm³/mol. The molecule has 1 N–H and O–H groups in total. The molecular formula is C26H30F4N4O4. The molecule has 0 aliphatic carbocycles. The lowest BCUT2D eigenvalue weighted by molar-refractivity contribution is -0.388. The Morgan fingerprint density at radius 2 is 1.68 bits per heavy atom. The monoisotopic (exact) mass is 538 g/mol. The van der Waals surface area contributed by atoms with Crippen LogP contribution in [0, 0.1) is 10.1 Å². The zero-order valence-corrected chi connectivity index (χ0v) is 20.8. The molecule has 2 saturated heterocycles. The maximum Gasteiger partial charge on any atom is 0.423 e. The van der Waals surface area contributed by atoms with Gasteiger partial charge < -0.3 is 19.9 Å². The van der Waals surface area contributed by atoms with Crippen LogP contribution in [0.25, 0.3) is 0 Å². The highest BCUT2D eigenvalue weighted by molar-refractivity contribution is 5.77. The lowest BCUT2D eigenvalue weighted by Gasteiger charge is -2.35. The highest BCUT2D eigenvalue weighted by Gasteiger charge is 2.38. The van der Waals surface area contributed by atoms with Crippen molar-refractivity contribution in [2.45, 2.75) is 50.7 Å². The number of nitro benzene ring substituents is 1. The number of rotatable bonds is 8. The first kappa shape index (κ1) is 27.6. The Kier molecular flexibility index (Phi) is 8.70. The topological polar surface area (TPSA) is 88.0 Å². The van der Waals surface area contributed by atoms with Crippen LogP contribution >= 0.6 is 0 Å². The van der Waals surface area contributed by atoms with Crippen LogP contribution in [0.2, 0.25) is 0 Å². The number of likely N-dealkylation sites (tertiary alicyclic amines) is 1. The van der Waals surface area contributed by atoms with E-state index in [4.69, 9.17) is 4.74 Å². The van der Waals surface area contributed by atoms with Gasteiger partial charge in [-0.2, -0.15) is 13.2 Å². The van der Waals surface area contributed by atoms with Crippen molar-refractivity contribution in [3.63, 3.8) is 0 Å². The van der Waals surface area contributed by atoms with Crippen molar-refractivity contribution >= 4 is 23.0 Å². The van der Waals surface area contributed by atoms with E-state index in [9.17, 15) is 32.5 Å². The zero-order chi connectivity index (χ0) is 27.3. The van der Waals surface area contributed by atoms with Gasteiger partial charge >= 0.3 is 6.18 Å². The molecule has 206 valence electrons. The third-order valence-corrected chi connectivity index (χ3v) is 7.06. The van der Waals surface area contributed by atoms with E-state index in [1.807, 2.05) is 12.1 Å². The number of ether oxygens (including phenoxy) is 1. The minimum absolute atomic E-state index is 0.0226. The summed E-state index contributed by atoms with van der Waals surface area (Å²) in [5.41, 5.74) is -0.441. The number of hydrogen-bond acceptors (Lipinski definition) is 6. The molecule has 0 unspecified atom stereocenters. The van der Waals surface area contributed by atoms with Crippen molar-refractivity contribution in [3.8, 4) is 0 Å². The summed E-state index contributed by atoms with van der Waals surface area (Å²) < 4.78 is 58.3. The maximum atomic E-state index is 13.2. The first-order valence-corrected chi connectivity index (χ1v) is 12.6. The molecular weight excluding hydrogens is 508 g/mol. The fraction of sp³-hybridized carbons (Fsp3) is 0.500. The molecule has 2 aromatic rings. The number of nitrogens with zero attached hydrogens (tertiary/aromatic N) is 3. The number of carbonyl (C=O) groups is 1. The second kappa shape index (κ2) is 12.0. The Morgan fingerprint density at radius 3 is 2.26 bits per heavy atom. The van der Waals surface area contributed by atoms with E-state index in [0.29, 0.717) is 31.5 Å². The van der Waals surface area contributed by atoms with Crippen molar-refractivity contribution in [3.05, 3.63) is 63.7 Å². The second-order valence-corrected chi connectivity index (χ2v) is 9.58. The number of nitrogens with one attached hydrogen (secondary N) is 1. The smallest absolute Gasteiger partial charge is 0.382 e. The average Bonchev–Trinajstić information content (AvgIpc) is 2.92. The van der Waals surface area contributed by atoms with Crippen molar-refractivity contribution in [2.75, 3.05) is 43.0 Å². The van der Waals surface area contributed by atoms with Crippen LogP contribution in [0.5, 0.6) is 0 Å². The number of anilines is 2. The molecule has 2 aromatic carbocycles. The molecule has 2 heterocycles. The second-order valence-electron chi connectivity index (χ2n) is 9.58. The molecule has 0 bridgehead atoms. The van der Waals surface area contributed by atoms with Gasteiger partial charge in [0.05, 0.1) is 11.0 Å². The Labute approximate surface area is 217 Å². The van der Waals surface area contributed by atoms with Crippen molar-refractivity contribution in [2.24, 2.45) is 0 Å². The van der Waals surface area contributed by atoms with Crippen LogP contribution in [-0.4, -0.2) is 60.7 Å². The van der Waals surface area contributed by atoms with Crippen molar-refractivity contribution in [1.82, 2.24) is 4.90 Å². The first-order valence-electron chi connectivity index (χ1n) is 12.6. The summed E-state index contributed by atoms with van der Waals surface area (Å²) >= 11 is 0. The number of piperidine rings is 2. The summed E-state index contributed by atoms with van der Waals surface area (Å²) in [5, 5.41) is 14.0. The van der Waals surface area contributed by atoms with Gasteiger partial charge in [-0.25, -0.2) is 4.39 Å². The van der Waals surface area contributed by atoms with Gasteiger partial charge in [0.15, 0.2) is 0 Å². The van der Waals surface area contributed by atoms with Gasteiger partial charge in [0.1, 0.15) is 18.8 Å². The summed E-state index contributed by atoms with van der Waals surface area (Å²) in [5.74, 6) is -0.123. The number of halogens is 4. The van der Waals surface area contributed by atoms with Crippen LogP contribution in [0.1, 0.15) is 36.8 Å². The maximum absolute atomic E-state index is 13.2. The molecule has 0 radical (unpaired) electrons. The van der Waals surface area contributed by atoms with E-state index < -0.39 is 29.0 Å². The van der Waals surface area contributed by atoms with Gasteiger partial charge in [0.25, 0.3) is 5.69 Å². The van der Waals surface area contributed by atoms with E-state index in [1.165, 1.54) is 6.07 Å². The summed E-state index contributed by atoms with van der Waals surface area (Å²) in [6, 6.07) is 10.1. The third-order valence-electron chi connectivity index (χ3n) is 7.06. The fourth-order valence-electron chi connectivity index (χ4n) is 4.88. The highest BCUT2D eigenvalue weighted by atomic mass is 19.4. The van der Waals surface area contributed by atoms with E-state index in [0.717, 1.165) is 43.8 Å². The van der Waals surface area contributed by atoms with Crippen LogP contribution in [-0.2, 0) is 22.4 Å². The van der Waals surface area contributed by atoms with E-state index in [-0.39, 0.29) is 30.3 Å². The van der Waals surface area contributed by atoms with Crippen molar-refractivity contribution < 1.29 is 32.0 Å².